The fourth-order valence-electron chi connectivity index (χ4n) is 2.96. The highest BCUT2D eigenvalue weighted by Crippen LogP contribution is 2.41. The van der Waals surface area contributed by atoms with E-state index < -0.39 is 0 Å². The molecule has 0 atom stereocenters. The largest absolute Gasteiger partial charge is 0.491 e. The smallest absolute Gasteiger partial charge is 0.217 e. The van der Waals surface area contributed by atoms with Crippen LogP contribution in [0, 0.1) is 0 Å². The minimum atomic E-state index is -0.292. The highest BCUT2D eigenvalue weighted by molar-refractivity contribution is 5.74. The molecular weight excluding hydrogens is 370 g/mol. The van der Waals surface area contributed by atoms with Gasteiger partial charge >= 0.3 is 0 Å². The quantitative estimate of drug-likeness (QED) is 0.518. The molecule has 0 unspecified atom stereocenters. The maximum atomic E-state index is 11.3. The van der Waals surface area contributed by atoms with Gasteiger partial charge in [0.1, 0.15) is 12.4 Å². The highest BCUT2D eigenvalue weighted by Gasteiger charge is 2.28. The maximum Gasteiger partial charge on any atom is 0.217 e. The number of aliphatic hydroxyl groups is 1. The number of nitrogens with two attached hydrogens (primary N) is 1. The van der Waals surface area contributed by atoms with Crippen molar-refractivity contribution >= 4 is 5.91 Å². The molecule has 0 aromatic heterocycles. The van der Waals surface area contributed by atoms with Gasteiger partial charge in [-0.3, -0.25) is 4.79 Å². The van der Waals surface area contributed by atoms with E-state index in [9.17, 15) is 4.79 Å². The average Bonchev–Trinajstić information content (AvgIpc) is 2.60. The summed E-state index contributed by atoms with van der Waals surface area (Å²) in [6.07, 6.45) is 0.957. The Morgan fingerprint density at radius 2 is 1.38 bits per heavy atom. The Labute approximate surface area is 175 Å². The fourth-order valence-corrected chi connectivity index (χ4v) is 2.96. The normalized spacial score (nSPS) is 12.2. The number of aryl methyl sites for hydroxylation is 1. The van der Waals surface area contributed by atoms with Crippen molar-refractivity contribution in [1.29, 1.82) is 0 Å². The lowest BCUT2D eigenvalue weighted by Gasteiger charge is -2.30. The summed E-state index contributed by atoms with van der Waals surface area (Å²) in [6.45, 7) is 15.1. The van der Waals surface area contributed by atoms with E-state index in [1.807, 2.05) is 0 Å². The molecule has 0 spiro atoms. The zero-order chi connectivity index (χ0) is 22.1. The summed E-state index contributed by atoms with van der Waals surface area (Å²) in [5.41, 5.74) is 8.47. The molecule has 0 aliphatic heterocycles. The average molecular weight is 410 g/mol. The summed E-state index contributed by atoms with van der Waals surface area (Å²) < 4.78 is 17.0. The lowest BCUT2D eigenvalue weighted by molar-refractivity contribution is -0.117. The molecule has 29 heavy (non-hydrogen) atoms. The molecule has 0 saturated carbocycles. The molecule has 6 heteroatoms. The second kappa shape index (κ2) is 11.5. The molecule has 0 bridgehead atoms. The summed E-state index contributed by atoms with van der Waals surface area (Å²) in [4.78, 5) is 11.3. The zero-order valence-electron chi connectivity index (χ0n) is 19.0. The van der Waals surface area contributed by atoms with Crippen LogP contribution in [0.3, 0.4) is 0 Å². The number of primary amides is 1. The van der Waals surface area contributed by atoms with Gasteiger partial charge in [0.15, 0.2) is 0 Å². The molecule has 1 aromatic rings. The first-order valence-corrected chi connectivity index (χ1v) is 10.3. The lowest BCUT2D eigenvalue weighted by atomic mass is 9.78. The van der Waals surface area contributed by atoms with E-state index in [-0.39, 0.29) is 23.3 Å². The number of hydrogen-bond donors (Lipinski definition) is 2. The van der Waals surface area contributed by atoms with Crippen LogP contribution in [0.4, 0.5) is 0 Å². The first-order valence-electron chi connectivity index (χ1n) is 10.3. The van der Waals surface area contributed by atoms with E-state index >= 15 is 0 Å². The molecule has 0 aliphatic carbocycles. The number of hydrogen-bond acceptors (Lipinski definition) is 5. The molecule has 166 valence electrons. The van der Waals surface area contributed by atoms with Gasteiger partial charge in [-0.1, -0.05) is 53.7 Å². The van der Waals surface area contributed by atoms with Crippen LogP contribution in [-0.2, 0) is 31.5 Å². The van der Waals surface area contributed by atoms with Crippen LogP contribution in [0.2, 0.25) is 0 Å². The molecule has 0 saturated heterocycles. The van der Waals surface area contributed by atoms with Crippen molar-refractivity contribution in [1.82, 2.24) is 0 Å². The first kappa shape index (κ1) is 25.4. The van der Waals surface area contributed by atoms with Gasteiger partial charge in [-0.15, -0.1) is 0 Å². The van der Waals surface area contributed by atoms with Crippen LogP contribution in [0.1, 0.15) is 64.7 Å². The van der Waals surface area contributed by atoms with Gasteiger partial charge < -0.3 is 25.1 Å². The van der Waals surface area contributed by atoms with Gasteiger partial charge in [0.2, 0.25) is 5.91 Å². The van der Waals surface area contributed by atoms with Gasteiger partial charge in [0.25, 0.3) is 0 Å². The van der Waals surface area contributed by atoms with E-state index in [2.05, 4.69) is 53.7 Å². The number of carbonyl (C=O) groups is 1. The Hall–Kier alpha value is -1.63. The predicted octanol–water partition coefficient (Wildman–Crippen LogP) is 3.10. The number of carbonyl (C=O) groups excluding carboxylic acids is 1. The lowest BCUT2D eigenvalue weighted by Crippen LogP contribution is -2.22. The standard InChI is InChI=1S/C23H39NO5/c1-22(2,3)18-15-17(7-8-20(24)26)16-19(23(4,5)6)21(18)29-14-13-28-12-11-27-10-9-25/h15-16,25H,7-14H2,1-6H3,(H2,24,26). The summed E-state index contributed by atoms with van der Waals surface area (Å²) in [7, 11) is 0. The monoisotopic (exact) mass is 409 g/mol. The predicted molar refractivity (Wildman–Crippen MR) is 116 cm³/mol. The van der Waals surface area contributed by atoms with Gasteiger partial charge in [0, 0.05) is 17.5 Å². The molecule has 1 rings (SSSR count). The van der Waals surface area contributed by atoms with Crippen molar-refractivity contribution in [3.8, 4) is 5.75 Å². The SMILES string of the molecule is CC(C)(C)c1cc(CCC(N)=O)cc(C(C)(C)C)c1OCCOCCOCCO. The molecule has 1 aromatic carbocycles. The second-order valence-electron chi connectivity index (χ2n) is 9.28. The molecule has 0 fully saturated rings. The van der Waals surface area contributed by atoms with Gasteiger partial charge in [-0.05, 0) is 22.8 Å². The van der Waals surface area contributed by atoms with Crippen molar-refractivity contribution in [2.24, 2.45) is 5.73 Å². The van der Waals surface area contributed by atoms with Crippen molar-refractivity contribution in [2.45, 2.75) is 65.2 Å². The van der Waals surface area contributed by atoms with Crippen LogP contribution in [0.25, 0.3) is 0 Å². The zero-order valence-corrected chi connectivity index (χ0v) is 19.0. The summed E-state index contributed by atoms with van der Waals surface area (Å²) in [5, 5.41) is 8.69. The highest BCUT2D eigenvalue weighted by atomic mass is 16.5. The third kappa shape index (κ3) is 9.15. The van der Waals surface area contributed by atoms with Gasteiger partial charge in [-0.2, -0.15) is 0 Å². The van der Waals surface area contributed by atoms with Gasteiger partial charge in [-0.25, -0.2) is 0 Å². The van der Waals surface area contributed by atoms with Crippen molar-refractivity contribution in [3.63, 3.8) is 0 Å². The number of ether oxygens (including phenoxy) is 3. The van der Waals surface area contributed by atoms with E-state index in [0.29, 0.717) is 45.9 Å². The minimum Gasteiger partial charge on any atom is -0.491 e. The molecular formula is C23H39NO5. The summed E-state index contributed by atoms with van der Waals surface area (Å²) in [6, 6.07) is 4.27. The fraction of sp³-hybridized carbons (Fsp3) is 0.696. The minimum absolute atomic E-state index is 0.0176. The van der Waals surface area contributed by atoms with E-state index in [4.69, 9.17) is 25.1 Å². The molecule has 6 nitrogen and oxygen atoms in total. The maximum absolute atomic E-state index is 11.3. The van der Waals surface area contributed by atoms with Crippen LogP contribution in [0.15, 0.2) is 12.1 Å². The number of amides is 1. The third-order valence-corrected chi connectivity index (χ3v) is 4.51. The van der Waals surface area contributed by atoms with Crippen LogP contribution < -0.4 is 10.5 Å². The number of benzene rings is 1. The van der Waals surface area contributed by atoms with E-state index in [1.165, 1.54) is 0 Å². The Morgan fingerprint density at radius 3 is 1.83 bits per heavy atom. The molecule has 1 amide bonds. The van der Waals surface area contributed by atoms with E-state index in [1.54, 1.807) is 0 Å². The van der Waals surface area contributed by atoms with Crippen LogP contribution in [0.5, 0.6) is 5.75 Å². The second-order valence-corrected chi connectivity index (χ2v) is 9.28. The van der Waals surface area contributed by atoms with Crippen molar-refractivity contribution in [3.05, 3.63) is 28.8 Å². The summed E-state index contributed by atoms with van der Waals surface area (Å²) in [5.74, 6) is 0.605. The Balaban J connectivity index is 2.99. The van der Waals surface area contributed by atoms with Crippen LogP contribution >= 0.6 is 0 Å². The number of rotatable bonds is 12. The summed E-state index contributed by atoms with van der Waals surface area (Å²) >= 11 is 0. The molecule has 3 N–H and O–H groups in total. The topological polar surface area (TPSA) is 91.0 Å². The van der Waals surface area contributed by atoms with Crippen molar-refractivity contribution < 1.29 is 24.1 Å². The first-order chi connectivity index (χ1) is 13.5. The third-order valence-electron chi connectivity index (χ3n) is 4.51. The molecule has 0 heterocycles. The molecule has 0 aliphatic rings. The van der Waals surface area contributed by atoms with Gasteiger partial charge in [0.05, 0.1) is 33.0 Å². The Kier molecular flexibility index (Phi) is 10.1. The Bertz CT molecular complexity index is 609. The Morgan fingerprint density at radius 1 is 0.897 bits per heavy atom. The van der Waals surface area contributed by atoms with E-state index in [0.717, 1.165) is 22.4 Å². The number of aliphatic hydroxyl groups excluding tert-OH is 1. The van der Waals surface area contributed by atoms with Crippen LogP contribution in [-0.4, -0.2) is 50.7 Å². The van der Waals surface area contributed by atoms with Crippen molar-refractivity contribution in [2.75, 3.05) is 39.6 Å². The molecule has 0 radical (unpaired) electrons.